The molecule has 1 saturated heterocycles. The fourth-order valence-corrected chi connectivity index (χ4v) is 11.0. The van der Waals surface area contributed by atoms with E-state index in [2.05, 4.69) is 13.8 Å². The van der Waals surface area contributed by atoms with Crippen LogP contribution in [0.3, 0.4) is 0 Å². The van der Waals surface area contributed by atoms with E-state index in [1.54, 1.807) is 0 Å². The first-order valence-corrected chi connectivity index (χ1v) is 32.7. The van der Waals surface area contributed by atoms with Crippen LogP contribution >= 0.6 is 0 Å². The minimum absolute atomic E-state index is 0. The van der Waals surface area contributed by atoms with E-state index < -0.39 is 58.7 Å². The molecule has 3 aromatic rings. The summed E-state index contributed by atoms with van der Waals surface area (Å²) in [6, 6.07) is 28.4. The predicted octanol–water partition coefficient (Wildman–Crippen LogP) is 13.0. The van der Waals surface area contributed by atoms with Gasteiger partial charge in [0, 0.05) is 12.8 Å². The number of hydrogen-bond donors (Lipinski definition) is 0. The largest absolute Gasteiger partial charge is 1.00 e. The van der Waals surface area contributed by atoms with Gasteiger partial charge in [-0.2, -0.15) is 0 Å². The van der Waals surface area contributed by atoms with Crippen LogP contribution < -0.4 is 29.6 Å². The maximum absolute atomic E-state index is 13.5. The Hall–Kier alpha value is -2.69. The Morgan fingerprint density at radius 3 is 1.16 bits per heavy atom. The summed E-state index contributed by atoms with van der Waals surface area (Å²) in [6.07, 6.45) is 30.1. The van der Waals surface area contributed by atoms with Crippen LogP contribution in [0.25, 0.3) is 0 Å². The molecule has 1 heterocycles. The molecule has 1 unspecified atom stereocenters. The first kappa shape index (κ1) is 71.6. The van der Waals surface area contributed by atoms with E-state index in [0.29, 0.717) is 12.8 Å². The van der Waals surface area contributed by atoms with E-state index in [4.69, 9.17) is 33.2 Å². The molecule has 14 heteroatoms. The van der Waals surface area contributed by atoms with Gasteiger partial charge in [-0.15, -0.1) is 0 Å². The van der Waals surface area contributed by atoms with Crippen molar-refractivity contribution >= 4 is 22.1 Å². The van der Waals surface area contributed by atoms with Crippen molar-refractivity contribution < 1.29 is 85.3 Å². The first-order chi connectivity index (χ1) is 38.6. The molecule has 0 spiro atoms. The van der Waals surface area contributed by atoms with Gasteiger partial charge in [0.05, 0.1) is 42.3 Å². The van der Waals surface area contributed by atoms with Crippen molar-refractivity contribution in [1.29, 1.82) is 0 Å². The molecule has 1 fully saturated rings. The third kappa shape index (κ3) is 34.8. The topological polar surface area (TPSA) is 156 Å². The van der Waals surface area contributed by atoms with Gasteiger partial charge < -0.3 is 37.7 Å². The summed E-state index contributed by atoms with van der Waals surface area (Å²) in [7, 11) is -4.87. The summed E-state index contributed by atoms with van der Waals surface area (Å²) in [4.78, 5) is 26.8. The average molecular weight is 1140 g/mol. The molecular formula is C66H103NaO12S. The zero-order valence-electron chi connectivity index (χ0n) is 49.8. The molecule has 0 saturated carbocycles. The second-order valence-electron chi connectivity index (χ2n) is 22.1. The number of carbonyl (C=O) groups is 2. The molecule has 1 aliphatic rings. The van der Waals surface area contributed by atoms with Crippen LogP contribution in [-0.2, 0) is 72.7 Å². The van der Waals surface area contributed by atoms with Gasteiger partial charge in [-0.1, -0.05) is 285 Å². The monoisotopic (exact) mass is 1140 g/mol. The Morgan fingerprint density at radius 1 is 0.450 bits per heavy atom. The zero-order valence-corrected chi connectivity index (χ0v) is 52.6. The Balaban J connectivity index is 0.0000168. The molecule has 4 rings (SSSR count). The minimum Gasteiger partial charge on any atom is -0.748 e. The number of rotatable bonds is 49. The Kier molecular flexibility index (Phi) is 41.7. The maximum atomic E-state index is 13.5. The fraction of sp³-hybridized carbons (Fsp3) is 0.697. The average Bonchev–Trinajstić information content (AvgIpc) is 3.56. The van der Waals surface area contributed by atoms with E-state index in [0.717, 1.165) is 55.2 Å². The summed E-state index contributed by atoms with van der Waals surface area (Å²) in [5.41, 5.74) is 2.51. The van der Waals surface area contributed by atoms with E-state index in [1.807, 2.05) is 91.0 Å². The molecule has 446 valence electrons. The molecule has 0 amide bonds. The van der Waals surface area contributed by atoms with Crippen molar-refractivity contribution in [2.75, 3.05) is 19.0 Å². The van der Waals surface area contributed by atoms with E-state index in [9.17, 15) is 22.6 Å². The molecule has 1 aliphatic heterocycles. The summed E-state index contributed by atoms with van der Waals surface area (Å²) in [5.74, 6) is -1.75. The van der Waals surface area contributed by atoms with Crippen molar-refractivity contribution in [1.82, 2.24) is 0 Å². The third-order valence-electron chi connectivity index (χ3n) is 15.0. The number of carbonyl (C=O) groups excluding carboxylic acids is 2. The minimum atomic E-state index is -4.87. The zero-order chi connectivity index (χ0) is 56.3. The Labute approximate surface area is 506 Å². The number of hydrogen-bond acceptors (Lipinski definition) is 12. The van der Waals surface area contributed by atoms with Crippen LogP contribution in [0.1, 0.15) is 236 Å². The molecular weight excluding hydrogens is 1040 g/mol. The maximum Gasteiger partial charge on any atom is 1.00 e. The van der Waals surface area contributed by atoms with Crippen LogP contribution in [0, 0.1) is 0 Å². The molecule has 80 heavy (non-hydrogen) atoms. The van der Waals surface area contributed by atoms with Crippen LogP contribution in [-0.4, -0.2) is 80.7 Å². The molecule has 12 nitrogen and oxygen atoms in total. The third-order valence-corrected chi connectivity index (χ3v) is 15.7. The first-order valence-electron chi connectivity index (χ1n) is 31.2. The van der Waals surface area contributed by atoms with E-state index >= 15 is 0 Å². The number of benzene rings is 3. The SMILES string of the molecule is CCCCCCCCCCCCCCCCCC(=O)OCC(CO[C@H]1O[C@H](CS(=O)(=O)[O-])[C@@H](OCc2ccccc2)[C@H](OCc2ccccc2)[C@@H]1OCc1ccccc1)OC(=O)CCCCCCCCCCCCCCCCC.[Na+]. The molecule has 3 aromatic carbocycles. The van der Waals surface area contributed by atoms with Gasteiger partial charge in [-0.3, -0.25) is 9.59 Å². The van der Waals surface area contributed by atoms with Crippen molar-refractivity contribution in [2.24, 2.45) is 0 Å². The summed E-state index contributed by atoms with van der Waals surface area (Å²) >= 11 is 0. The van der Waals surface area contributed by atoms with Crippen LogP contribution in [0.15, 0.2) is 91.0 Å². The van der Waals surface area contributed by atoms with Gasteiger partial charge in [0.25, 0.3) is 0 Å². The van der Waals surface area contributed by atoms with Crippen molar-refractivity contribution in [2.45, 2.75) is 276 Å². The standard InChI is InChI=1S/C66H104O12S.Na/c1-3-5-7-9-11-13-15-17-19-21-23-25-27-29-40-48-61(67)72-53-59(77-62(68)49-41-30-28-26-24-22-20-18-16-14-12-10-8-6-4-2)54-76-66-65(75-52-58-46-38-33-39-47-58)64(74-51-57-44-36-32-37-45-57)63(60(78-66)55-79(69,70)71)73-50-56-42-34-31-35-43-56;/h31-39,42-47,59-60,63-66H,3-30,40-41,48-55H2,1-2H3,(H,69,70,71);/q;+1/p-1/t59?,60-,63-,64+,65+,66+;/m1./s1. The van der Waals surface area contributed by atoms with E-state index in [-0.39, 0.29) is 81.4 Å². The van der Waals surface area contributed by atoms with E-state index in [1.165, 1.54) is 141 Å². The molecule has 6 atom stereocenters. The van der Waals surface area contributed by atoms with Gasteiger partial charge in [0.1, 0.15) is 31.0 Å². The number of ether oxygens (including phenoxy) is 7. The van der Waals surface area contributed by atoms with Gasteiger partial charge in [-0.25, -0.2) is 8.42 Å². The smallest absolute Gasteiger partial charge is 0.748 e. The van der Waals surface area contributed by atoms with Crippen LogP contribution in [0.2, 0.25) is 0 Å². The summed E-state index contributed by atoms with van der Waals surface area (Å²) in [6.45, 7) is 4.24. The quantitative estimate of drug-likeness (QED) is 0.0229. The molecule has 0 bridgehead atoms. The van der Waals surface area contributed by atoms with Crippen molar-refractivity contribution in [3.8, 4) is 0 Å². The molecule has 0 N–H and O–H groups in total. The molecule has 0 aromatic heterocycles. The Bertz CT molecular complexity index is 2050. The van der Waals surface area contributed by atoms with Gasteiger partial charge in [0.2, 0.25) is 0 Å². The second-order valence-corrected chi connectivity index (χ2v) is 23.5. The van der Waals surface area contributed by atoms with Gasteiger partial charge >= 0.3 is 41.5 Å². The van der Waals surface area contributed by atoms with Crippen molar-refractivity contribution in [3.63, 3.8) is 0 Å². The van der Waals surface area contributed by atoms with Gasteiger partial charge in [0.15, 0.2) is 12.4 Å². The second kappa shape index (κ2) is 46.7. The summed E-state index contributed by atoms with van der Waals surface area (Å²) in [5, 5.41) is 0. The molecule has 0 radical (unpaired) electrons. The van der Waals surface area contributed by atoms with Crippen LogP contribution in [0.4, 0.5) is 0 Å². The fourth-order valence-electron chi connectivity index (χ4n) is 10.3. The van der Waals surface area contributed by atoms with Crippen LogP contribution in [0.5, 0.6) is 0 Å². The number of esters is 2. The number of unbranched alkanes of at least 4 members (excludes halogenated alkanes) is 28. The van der Waals surface area contributed by atoms with Gasteiger partial charge in [-0.05, 0) is 29.5 Å². The summed E-state index contributed by atoms with van der Waals surface area (Å²) < 4.78 is 82.3. The van der Waals surface area contributed by atoms with Crippen molar-refractivity contribution in [3.05, 3.63) is 108 Å². The molecule has 0 aliphatic carbocycles. The predicted molar refractivity (Wildman–Crippen MR) is 314 cm³/mol. The Morgan fingerprint density at radius 2 is 0.787 bits per heavy atom. The normalized spacial score (nSPS) is 17.7.